The van der Waals surface area contributed by atoms with Gasteiger partial charge in [0.2, 0.25) is 0 Å². The Hall–Kier alpha value is -2.88. The number of hydrogen-bond acceptors (Lipinski definition) is 2. The maximum absolute atomic E-state index is 15.0. The molecule has 0 saturated heterocycles. The number of fused-ring (bicyclic) bond motifs is 2. The Kier molecular flexibility index (Phi) is 5.03. The number of rotatable bonds is 4. The van der Waals surface area contributed by atoms with Gasteiger partial charge in [0.25, 0.3) is 0 Å². The smallest absolute Gasteiger partial charge is 0.127 e. The number of benzene rings is 2. The molecular weight excluding hydrogens is 366 g/mol. The van der Waals surface area contributed by atoms with E-state index in [2.05, 4.69) is 23.8 Å². The lowest BCUT2D eigenvalue weighted by Gasteiger charge is -2.17. The second-order valence-electron chi connectivity index (χ2n) is 7.86. The van der Waals surface area contributed by atoms with Gasteiger partial charge < -0.3 is 0 Å². The normalized spacial score (nSPS) is 12.6. The van der Waals surface area contributed by atoms with Crippen molar-refractivity contribution >= 4 is 21.8 Å². The molecule has 2 heterocycles. The highest BCUT2D eigenvalue weighted by atomic mass is 19.1. The summed E-state index contributed by atoms with van der Waals surface area (Å²) in [4.78, 5) is 9.07. The van der Waals surface area contributed by atoms with Crippen molar-refractivity contribution in [3.05, 3.63) is 82.2 Å². The van der Waals surface area contributed by atoms with Crippen LogP contribution in [0.5, 0.6) is 0 Å². The first-order valence-corrected chi connectivity index (χ1v) is 10.0. The first kappa shape index (κ1) is 19.4. The van der Waals surface area contributed by atoms with Gasteiger partial charge in [-0.25, -0.2) is 8.78 Å². The van der Waals surface area contributed by atoms with Crippen molar-refractivity contribution < 1.29 is 8.78 Å². The lowest BCUT2D eigenvalue weighted by Crippen LogP contribution is -2.04. The van der Waals surface area contributed by atoms with Gasteiger partial charge in [0, 0.05) is 28.2 Å². The summed E-state index contributed by atoms with van der Waals surface area (Å²) in [5.41, 5.74) is 6.06. The van der Waals surface area contributed by atoms with Crippen molar-refractivity contribution in [2.24, 2.45) is 0 Å². The van der Waals surface area contributed by atoms with E-state index < -0.39 is 0 Å². The summed E-state index contributed by atoms with van der Waals surface area (Å²) < 4.78 is 28.6. The predicted octanol–water partition coefficient (Wildman–Crippen LogP) is 6.59. The lowest BCUT2D eigenvalue weighted by atomic mass is 9.90. The second-order valence-corrected chi connectivity index (χ2v) is 7.86. The average Bonchev–Trinajstić information content (AvgIpc) is 2.67. The minimum atomic E-state index is -0.303. The molecule has 148 valence electrons. The van der Waals surface area contributed by atoms with E-state index in [4.69, 9.17) is 0 Å². The topological polar surface area (TPSA) is 25.8 Å². The van der Waals surface area contributed by atoms with Crippen LogP contribution in [0.25, 0.3) is 21.8 Å². The summed E-state index contributed by atoms with van der Waals surface area (Å²) in [7, 11) is 0. The minimum Gasteiger partial charge on any atom is -0.253 e. The number of nitrogens with zero attached hydrogens (tertiary/aromatic N) is 2. The zero-order chi connectivity index (χ0) is 20.7. The molecule has 0 aliphatic rings. The van der Waals surface area contributed by atoms with Crippen LogP contribution in [-0.4, -0.2) is 9.97 Å². The monoisotopic (exact) mass is 390 g/mol. The summed E-state index contributed by atoms with van der Waals surface area (Å²) in [5.74, 6) is -0.458. The van der Waals surface area contributed by atoms with Crippen LogP contribution in [0, 0.1) is 25.5 Å². The highest BCUT2D eigenvalue weighted by Crippen LogP contribution is 2.31. The van der Waals surface area contributed by atoms with Gasteiger partial charge in [0.1, 0.15) is 11.6 Å². The summed E-state index contributed by atoms with van der Waals surface area (Å²) in [6.07, 6.45) is 1.38. The third-order valence-corrected chi connectivity index (χ3v) is 5.56. The van der Waals surface area contributed by atoms with Gasteiger partial charge in [0.05, 0.1) is 11.0 Å². The molecule has 0 saturated carbocycles. The summed E-state index contributed by atoms with van der Waals surface area (Å²) in [6.45, 7) is 8.01. The third-order valence-electron chi connectivity index (χ3n) is 5.56. The SMILES string of the molecule is CCc1cc(C)nc2cc(CC(C)c3cc(C)nc4cc(F)ccc34)c(F)cc12. The van der Waals surface area contributed by atoms with Crippen LogP contribution in [0.15, 0.2) is 42.5 Å². The predicted molar refractivity (Wildman–Crippen MR) is 114 cm³/mol. The van der Waals surface area contributed by atoms with Gasteiger partial charge in [-0.3, -0.25) is 9.97 Å². The molecule has 1 atom stereocenters. The minimum absolute atomic E-state index is 0.0482. The molecule has 0 radical (unpaired) electrons. The molecule has 0 amide bonds. The molecule has 0 spiro atoms. The number of aromatic nitrogens is 2. The van der Waals surface area contributed by atoms with Crippen LogP contribution in [0.1, 0.15) is 47.8 Å². The Morgan fingerprint density at radius 3 is 2.24 bits per heavy atom. The molecule has 4 heteroatoms. The fourth-order valence-electron chi connectivity index (χ4n) is 4.17. The molecule has 0 N–H and O–H groups in total. The Bertz CT molecular complexity index is 1230. The molecule has 2 nitrogen and oxygen atoms in total. The molecule has 29 heavy (non-hydrogen) atoms. The first-order chi connectivity index (χ1) is 13.9. The molecule has 0 bridgehead atoms. The second kappa shape index (κ2) is 7.51. The molecule has 4 rings (SSSR count). The van der Waals surface area contributed by atoms with E-state index in [0.29, 0.717) is 17.5 Å². The van der Waals surface area contributed by atoms with Crippen LogP contribution < -0.4 is 0 Å². The van der Waals surface area contributed by atoms with E-state index in [1.165, 1.54) is 12.1 Å². The van der Waals surface area contributed by atoms with Gasteiger partial charge in [-0.15, -0.1) is 0 Å². The van der Waals surface area contributed by atoms with Crippen molar-refractivity contribution in [2.45, 2.75) is 46.5 Å². The zero-order valence-electron chi connectivity index (χ0n) is 17.2. The molecule has 0 aliphatic heterocycles. The standard InChI is InChI=1S/C25H24F2N2/c1-5-17-9-15(3)28-24-11-18(23(27)13-22(17)24)8-14(2)21-10-16(4)29-25-12-19(26)6-7-20(21)25/h6-7,9-14H,5,8H2,1-4H3. The number of aryl methyl sites for hydroxylation is 3. The van der Waals surface area contributed by atoms with Crippen LogP contribution in [-0.2, 0) is 12.8 Å². The van der Waals surface area contributed by atoms with Crippen LogP contribution in [0.4, 0.5) is 8.78 Å². The van der Waals surface area contributed by atoms with E-state index in [-0.39, 0.29) is 17.6 Å². The number of hydrogen-bond donors (Lipinski definition) is 0. The summed E-state index contributed by atoms with van der Waals surface area (Å²) in [5, 5.41) is 1.79. The van der Waals surface area contributed by atoms with E-state index in [9.17, 15) is 8.78 Å². The summed E-state index contributed by atoms with van der Waals surface area (Å²) >= 11 is 0. The van der Waals surface area contributed by atoms with Gasteiger partial charge in [-0.1, -0.05) is 13.8 Å². The third kappa shape index (κ3) is 3.71. The molecule has 2 aromatic heterocycles. The van der Waals surface area contributed by atoms with Crippen LogP contribution >= 0.6 is 0 Å². The highest BCUT2D eigenvalue weighted by Gasteiger charge is 2.16. The molecule has 2 aromatic carbocycles. The van der Waals surface area contributed by atoms with E-state index in [1.807, 2.05) is 32.0 Å². The number of halogens is 2. The Balaban J connectivity index is 1.77. The molecule has 0 aliphatic carbocycles. The van der Waals surface area contributed by atoms with Crippen molar-refractivity contribution in [1.29, 1.82) is 0 Å². The Morgan fingerprint density at radius 1 is 0.828 bits per heavy atom. The maximum Gasteiger partial charge on any atom is 0.127 e. The molecule has 4 aromatic rings. The fraction of sp³-hybridized carbons (Fsp3) is 0.280. The van der Waals surface area contributed by atoms with Crippen LogP contribution in [0.2, 0.25) is 0 Å². The average molecular weight is 390 g/mol. The fourth-order valence-corrected chi connectivity index (χ4v) is 4.17. The van der Waals surface area contributed by atoms with Gasteiger partial charge in [0.15, 0.2) is 0 Å². The van der Waals surface area contributed by atoms with E-state index in [1.54, 1.807) is 12.1 Å². The molecular formula is C25H24F2N2. The van der Waals surface area contributed by atoms with Crippen molar-refractivity contribution in [1.82, 2.24) is 9.97 Å². The highest BCUT2D eigenvalue weighted by molar-refractivity contribution is 5.84. The number of pyridine rings is 2. The zero-order valence-corrected chi connectivity index (χ0v) is 17.2. The van der Waals surface area contributed by atoms with Crippen LogP contribution in [0.3, 0.4) is 0 Å². The lowest BCUT2D eigenvalue weighted by molar-refractivity contribution is 0.600. The van der Waals surface area contributed by atoms with Crippen molar-refractivity contribution in [3.8, 4) is 0 Å². The summed E-state index contributed by atoms with van der Waals surface area (Å²) in [6, 6.07) is 12.2. The van der Waals surface area contributed by atoms with Crippen molar-refractivity contribution in [2.75, 3.05) is 0 Å². The first-order valence-electron chi connectivity index (χ1n) is 10.0. The Labute approximate surface area is 169 Å². The quantitative estimate of drug-likeness (QED) is 0.393. The molecule has 0 fully saturated rings. The molecule has 1 unspecified atom stereocenters. The van der Waals surface area contributed by atoms with E-state index >= 15 is 0 Å². The van der Waals surface area contributed by atoms with Gasteiger partial charge in [-0.2, -0.15) is 0 Å². The Morgan fingerprint density at radius 2 is 1.52 bits per heavy atom. The van der Waals surface area contributed by atoms with E-state index in [0.717, 1.165) is 45.2 Å². The van der Waals surface area contributed by atoms with Gasteiger partial charge in [-0.05, 0) is 85.7 Å². The maximum atomic E-state index is 15.0. The largest absolute Gasteiger partial charge is 0.253 e. The van der Waals surface area contributed by atoms with Crippen molar-refractivity contribution in [3.63, 3.8) is 0 Å². The van der Waals surface area contributed by atoms with Gasteiger partial charge >= 0.3 is 0 Å².